The zero-order valence-corrected chi connectivity index (χ0v) is 12.0. The van der Waals surface area contributed by atoms with Gasteiger partial charge in [-0.15, -0.1) is 0 Å². The molecule has 0 unspecified atom stereocenters. The smallest absolute Gasteiger partial charge is 0.297 e. The molecule has 21 heavy (non-hydrogen) atoms. The van der Waals surface area contributed by atoms with Crippen LogP contribution in [0.5, 0.6) is 11.5 Å². The van der Waals surface area contributed by atoms with Crippen LogP contribution in [0, 0.1) is 10.1 Å². The van der Waals surface area contributed by atoms with Crippen molar-refractivity contribution >= 4 is 16.6 Å². The largest absolute Gasteiger partial charge is 0.504 e. The lowest BCUT2D eigenvalue weighted by Gasteiger charge is -2.15. The number of rotatable bonds is 4. The molecular formula is C14H16N2O5. The van der Waals surface area contributed by atoms with Crippen LogP contribution in [-0.2, 0) is 6.54 Å². The maximum absolute atomic E-state index is 12.4. The predicted octanol–water partition coefficient (Wildman–Crippen LogP) is 2.42. The Morgan fingerprint density at radius 1 is 1.43 bits per heavy atom. The Morgan fingerprint density at radius 2 is 2.10 bits per heavy atom. The molecule has 1 N–H and O–H groups in total. The fraction of sp³-hybridized carbons (Fsp3) is 0.357. The highest BCUT2D eigenvalue weighted by atomic mass is 16.6. The quantitative estimate of drug-likeness (QED) is 0.689. The van der Waals surface area contributed by atoms with Crippen LogP contribution >= 0.6 is 0 Å². The maximum atomic E-state index is 12.4. The first-order valence-electron chi connectivity index (χ1n) is 6.57. The molecule has 1 heterocycles. The molecule has 0 fully saturated rings. The van der Waals surface area contributed by atoms with Gasteiger partial charge in [0.1, 0.15) is 0 Å². The number of aromatic hydroxyl groups is 1. The number of hydrogen-bond acceptors (Lipinski definition) is 5. The third-order valence-corrected chi connectivity index (χ3v) is 3.06. The van der Waals surface area contributed by atoms with E-state index in [0.717, 1.165) is 0 Å². The molecule has 0 radical (unpaired) electrons. The van der Waals surface area contributed by atoms with Crippen molar-refractivity contribution in [1.82, 2.24) is 4.57 Å². The van der Waals surface area contributed by atoms with Gasteiger partial charge in [0.15, 0.2) is 5.75 Å². The van der Waals surface area contributed by atoms with Gasteiger partial charge in [-0.3, -0.25) is 14.9 Å². The van der Waals surface area contributed by atoms with Gasteiger partial charge in [-0.2, -0.15) is 0 Å². The molecule has 2 aromatic rings. The van der Waals surface area contributed by atoms with Gasteiger partial charge in [0.05, 0.1) is 16.5 Å². The van der Waals surface area contributed by atoms with Crippen molar-refractivity contribution in [3.05, 3.63) is 38.7 Å². The Bertz CT molecular complexity index is 764. The number of non-ortho nitro benzene ring substituents is 1. The van der Waals surface area contributed by atoms with Gasteiger partial charge in [0.2, 0.25) is 5.75 Å². The predicted molar refractivity (Wildman–Crippen MR) is 78.0 cm³/mol. The molecule has 7 nitrogen and oxygen atoms in total. The molecule has 1 aromatic carbocycles. The number of nitro benzene ring substituents is 1. The minimum absolute atomic E-state index is 0.131. The molecule has 0 amide bonds. The van der Waals surface area contributed by atoms with Crippen LogP contribution in [0.3, 0.4) is 0 Å². The van der Waals surface area contributed by atoms with Crippen LogP contribution in [0.15, 0.2) is 23.0 Å². The molecule has 0 aliphatic carbocycles. The summed E-state index contributed by atoms with van der Waals surface area (Å²) in [7, 11) is 0. The summed E-state index contributed by atoms with van der Waals surface area (Å²) in [4.78, 5) is 22.7. The molecule has 2 rings (SSSR count). The second-order valence-electron chi connectivity index (χ2n) is 4.85. The summed E-state index contributed by atoms with van der Waals surface area (Å²) in [6.45, 7) is 5.55. The lowest BCUT2D eigenvalue weighted by Crippen LogP contribution is -2.24. The Kier molecular flexibility index (Phi) is 3.84. The summed E-state index contributed by atoms with van der Waals surface area (Å²) in [6.07, 6.45) is -0.274. The van der Waals surface area contributed by atoms with E-state index in [2.05, 4.69) is 0 Å². The molecule has 0 saturated carbocycles. The lowest BCUT2D eigenvalue weighted by molar-refractivity contribution is -0.384. The average molecular weight is 292 g/mol. The van der Waals surface area contributed by atoms with Crippen molar-refractivity contribution in [3.8, 4) is 11.5 Å². The maximum Gasteiger partial charge on any atom is 0.297 e. The van der Waals surface area contributed by atoms with E-state index in [1.54, 1.807) is 20.8 Å². The third kappa shape index (κ3) is 2.54. The van der Waals surface area contributed by atoms with Crippen LogP contribution in [0.4, 0.5) is 5.69 Å². The zero-order valence-electron chi connectivity index (χ0n) is 12.0. The fourth-order valence-corrected chi connectivity index (χ4v) is 2.17. The first-order valence-corrected chi connectivity index (χ1v) is 6.57. The minimum Gasteiger partial charge on any atom is -0.504 e. The fourth-order valence-electron chi connectivity index (χ4n) is 2.17. The minimum atomic E-state index is -0.542. The van der Waals surface area contributed by atoms with Gasteiger partial charge in [0, 0.05) is 24.1 Å². The van der Waals surface area contributed by atoms with Crippen LogP contribution in [0.25, 0.3) is 10.9 Å². The van der Waals surface area contributed by atoms with E-state index >= 15 is 0 Å². The standard InChI is InChI=1S/C14H16N2O5/c1-4-15-11-7-9(16(19)20)5-6-10(11)12(17)13(14(15)18)21-8(2)3/h5-8,17H,4H2,1-3H3. The summed E-state index contributed by atoms with van der Waals surface area (Å²) in [5.41, 5.74) is -0.331. The van der Waals surface area contributed by atoms with Crippen molar-refractivity contribution in [2.24, 2.45) is 0 Å². The van der Waals surface area contributed by atoms with Crippen LogP contribution in [-0.4, -0.2) is 20.7 Å². The van der Waals surface area contributed by atoms with Crippen molar-refractivity contribution < 1.29 is 14.8 Å². The average Bonchev–Trinajstić information content (AvgIpc) is 2.43. The number of hydrogen-bond donors (Lipinski definition) is 1. The van der Waals surface area contributed by atoms with E-state index in [1.807, 2.05) is 0 Å². The second kappa shape index (κ2) is 5.43. The van der Waals surface area contributed by atoms with Gasteiger partial charge in [0.25, 0.3) is 11.2 Å². The first kappa shape index (κ1) is 14.8. The lowest BCUT2D eigenvalue weighted by atomic mass is 10.1. The van der Waals surface area contributed by atoms with E-state index in [9.17, 15) is 20.0 Å². The molecule has 7 heteroatoms. The molecule has 0 aliphatic rings. The number of aryl methyl sites for hydroxylation is 1. The summed E-state index contributed by atoms with van der Waals surface area (Å²) in [5, 5.41) is 21.4. The van der Waals surface area contributed by atoms with Gasteiger partial charge in [-0.1, -0.05) is 0 Å². The van der Waals surface area contributed by atoms with Crippen molar-refractivity contribution in [1.29, 1.82) is 0 Å². The van der Waals surface area contributed by atoms with Gasteiger partial charge in [-0.05, 0) is 26.8 Å². The van der Waals surface area contributed by atoms with Crippen molar-refractivity contribution in [2.75, 3.05) is 0 Å². The van der Waals surface area contributed by atoms with E-state index in [0.29, 0.717) is 17.4 Å². The molecule has 1 aromatic heterocycles. The molecule has 0 spiro atoms. The second-order valence-corrected chi connectivity index (χ2v) is 4.85. The number of fused-ring (bicyclic) bond motifs is 1. The summed E-state index contributed by atoms with van der Waals surface area (Å²) < 4.78 is 6.73. The zero-order chi connectivity index (χ0) is 15.7. The van der Waals surface area contributed by atoms with Crippen LogP contribution < -0.4 is 10.3 Å². The summed E-state index contributed by atoms with van der Waals surface area (Å²) >= 11 is 0. The molecule has 0 atom stereocenters. The van der Waals surface area contributed by atoms with Gasteiger partial charge < -0.3 is 14.4 Å². The molecule has 112 valence electrons. The number of nitro groups is 1. The van der Waals surface area contributed by atoms with E-state index in [1.165, 1.54) is 22.8 Å². The highest BCUT2D eigenvalue weighted by Gasteiger charge is 2.20. The SMILES string of the molecule is CCn1c(=O)c(OC(C)C)c(O)c2ccc([N+](=O)[O-])cc21. The summed E-state index contributed by atoms with van der Waals surface area (Å²) in [5.74, 6) is -0.420. The van der Waals surface area contributed by atoms with E-state index in [-0.39, 0.29) is 23.3 Å². The Labute approximate surface area is 120 Å². The Balaban J connectivity index is 2.85. The topological polar surface area (TPSA) is 94.6 Å². The van der Waals surface area contributed by atoms with Crippen LogP contribution in [0.2, 0.25) is 0 Å². The monoisotopic (exact) mass is 292 g/mol. The normalized spacial score (nSPS) is 11.0. The van der Waals surface area contributed by atoms with Gasteiger partial charge >= 0.3 is 0 Å². The third-order valence-electron chi connectivity index (χ3n) is 3.06. The summed E-state index contributed by atoms with van der Waals surface area (Å²) in [6, 6.07) is 3.98. The Hall–Kier alpha value is -2.57. The van der Waals surface area contributed by atoms with Gasteiger partial charge in [-0.25, -0.2) is 0 Å². The number of pyridine rings is 1. The molecule has 0 bridgehead atoms. The first-order chi connectivity index (χ1) is 9.86. The molecule has 0 aliphatic heterocycles. The highest BCUT2D eigenvalue weighted by molar-refractivity contribution is 5.89. The number of aromatic nitrogens is 1. The molecule has 0 saturated heterocycles. The van der Waals surface area contributed by atoms with E-state index in [4.69, 9.17) is 4.74 Å². The molecular weight excluding hydrogens is 276 g/mol. The van der Waals surface area contributed by atoms with Crippen molar-refractivity contribution in [2.45, 2.75) is 33.4 Å². The number of benzene rings is 1. The van der Waals surface area contributed by atoms with E-state index < -0.39 is 10.5 Å². The van der Waals surface area contributed by atoms with Crippen LogP contribution in [0.1, 0.15) is 20.8 Å². The number of nitrogens with zero attached hydrogens (tertiary/aromatic N) is 2. The number of ether oxygens (including phenoxy) is 1. The Morgan fingerprint density at radius 3 is 2.62 bits per heavy atom. The van der Waals surface area contributed by atoms with Crippen molar-refractivity contribution in [3.63, 3.8) is 0 Å². The highest BCUT2D eigenvalue weighted by Crippen LogP contribution is 2.33.